The summed E-state index contributed by atoms with van der Waals surface area (Å²) in [7, 11) is 0. The predicted octanol–water partition coefficient (Wildman–Crippen LogP) is 3.79. The minimum absolute atomic E-state index is 1.21. The molecule has 0 saturated heterocycles. The summed E-state index contributed by atoms with van der Waals surface area (Å²) in [6.07, 6.45) is 22.0. The van der Waals surface area contributed by atoms with Crippen LogP contribution in [0.15, 0.2) is 48.6 Å². The SMILES string of the molecule is C1=C/C=C/CCCC/C=C/C=C1. The van der Waals surface area contributed by atoms with Gasteiger partial charge in [-0.25, -0.2) is 0 Å². The molecule has 0 aromatic carbocycles. The quantitative estimate of drug-likeness (QED) is 0.506. The van der Waals surface area contributed by atoms with Crippen LogP contribution in [0.3, 0.4) is 0 Å². The second kappa shape index (κ2) is 6.66. The molecule has 0 radical (unpaired) electrons. The van der Waals surface area contributed by atoms with Crippen molar-refractivity contribution >= 4 is 0 Å². The van der Waals surface area contributed by atoms with Crippen LogP contribution in [0.25, 0.3) is 0 Å². The standard InChI is InChI=1S/C12H16/c1-2-4-6-8-10-12-11-9-7-5-3-1/h1-8H,9-12H2/b3-1?,4-2?,7-5+,8-6+. The monoisotopic (exact) mass is 160 g/mol. The number of allylic oxidation sites excluding steroid dienone is 8. The van der Waals surface area contributed by atoms with Crippen molar-refractivity contribution in [2.75, 3.05) is 0 Å². The van der Waals surface area contributed by atoms with Crippen LogP contribution in [0, 0.1) is 0 Å². The largest absolute Gasteiger partial charge is 0.0845 e. The Labute approximate surface area is 75.0 Å². The Morgan fingerprint density at radius 2 is 0.917 bits per heavy atom. The van der Waals surface area contributed by atoms with Crippen LogP contribution in [-0.4, -0.2) is 0 Å². The van der Waals surface area contributed by atoms with Crippen molar-refractivity contribution in [3.05, 3.63) is 48.6 Å². The van der Waals surface area contributed by atoms with Gasteiger partial charge in [0.15, 0.2) is 0 Å². The van der Waals surface area contributed by atoms with Crippen LogP contribution in [0.5, 0.6) is 0 Å². The molecule has 0 N–H and O–H groups in total. The molecule has 0 heteroatoms. The highest BCUT2D eigenvalue weighted by molar-refractivity contribution is 5.15. The van der Waals surface area contributed by atoms with Gasteiger partial charge in [-0.3, -0.25) is 0 Å². The normalized spacial score (nSPS) is 24.0. The minimum atomic E-state index is 1.21. The van der Waals surface area contributed by atoms with Crippen molar-refractivity contribution in [1.29, 1.82) is 0 Å². The van der Waals surface area contributed by atoms with Crippen molar-refractivity contribution in [2.45, 2.75) is 25.7 Å². The summed E-state index contributed by atoms with van der Waals surface area (Å²) in [5.41, 5.74) is 0. The zero-order valence-electron chi connectivity index (χ0n) is 7.45. The topological polar surface area (TPSA) is 0 Å². The van der Waals surface area contributed by atoms with Crippen LogP contribution in [0.4, 0.5) is 0 Å². The van der Waals surface area contributed by atoms with Gasteiger partial charge >= 0.3 is 0 Å². The van der Waals surface area contributed by atoms with E-state index >= 15 is 0 Å². The van der Waals surface area contributed by atoms with Crippen molar-refractivity contribution in [3.63, 3.8) is 0 Å². The molecule has 0 unspecified atom stereocenters. The van der Waals surface area contributed by atoms with Crippen LogP contribution in [0.1, 0.15) is 25.7 Å². The van der Waals surface area contributed by atoms with Crippen molar-refractivity contribution < 1.29 is 0 Å². The number of hydrogen-bond acceptors (Lipinski definition) is 0. The highest BCUT2D eigenvalue weighted by Crippen LogP contribution is 2.02. The third-order valence-electron chi connectivity index (χ3n) is 1.82. The first-order chi connectivity index (χ1) is 6.00. The van der Waals surface area contributed by atoms with E-state index in [1.165, 1.54) is 25.7 Å². The first-order valence-corrected chi connectivity index (χ1v) is 4.65. The minimum Gasteiger partial charge on any atom is -0.0845 e. The first kappa shape index (κ1) is 9.05. The molecule has 0 aliphatic heterocycles. The van der Waals surface area contributed by atoms with Crippen molar-refractivity contribution in [3.8, 4) is 0 Å². The second-order valence-corrected chi connectivity index (χ2v) is 2.91. The lowest BCUT2D eigenvalue weighted by Gasteiger charge is -1.92. The van der Waals surface area contributed by atoms with Gasteiger partial charge in [0.05, 0.1) is 0 Å². The van der Waals surface area contributed by atoms with E-state index in [1.807, 2.05) is 0 Å². The molecule has 0 bridgehead atoms. The summed E-state index contributed by atoms with van der Waals surface area (Å²) in [5.74, 6) is 0. The molecule has 12 heavy (non-hydrogen) atoms. The number of hydrogen-bond donors (Lipinski definition) is 0. The first-order valence-electron chi connectivity index (χ1n) is 4.65. The molecule has 0 nitrogen and oxygen atoms in total. The second-order valence-electron chi connectivity index (χ2n) is 2.91. The van der Waals surface area contributed by atoms with Crippen LogP contribution >= 0.6 is 0 Å². The molecule has 1 aliphatic rings. The lowest BCUT2D eigenvalue weighted by Crippen LogP contribution is -1.72. The lowest BCUT2D eigenvalue weighted by molar-refractivity contribution is 0.762. The molecule has 1 aliphatic carbocycles. The Balaban J connectivity index is 2.43. The molecule has 0 fully saturated rings. The zero-order chi connectivity index (χ0) is 8.49. The van der Waals surface area contributed by atoms with Gasteiger partial charge in [-0.2, -0.15) is 0 Å². The molecule has 0 atom stereocenters. The Morgan fingerprint density at radius 1 is 0.500 bits per heavy atom. The molecule has 0 heterocycles. The average molecular weight is 160 g/mol. The van der Waals surface area contributed by atoms with Crippen molar-refractivity contribution in [2.24, 2.45) is 0 Å². The van der Waals surface area contributed by atoms with Gasteiger partial charge in [-0.15, -0.1) is 0 Å². The summed E-state index contributed by atoms with van der Waals surface area (Å²) in [6.45, 7) is 0. The Hall–Kier alpha value is -1.04. The van der Waals surface area contributed by atoms with Gasteiger partial charge in [0.1, 0.15) is 0 Å². The maximum atomic E-state index is 2.23. The van der Waals surface area contributed by atoms with Gasteiger partial charge in [0.2, 0.25) is 0 Å². The fourth-order valence-electron chi connectivity index (χ4n) is 1.13. The van der Waals surface area contributed by atoms with E-state index in [2.05, 4.69) is 48.6 Å². The molecule has 0 aromatic rings. The van der Waals surface area contributed by atoms with E-state index in [0.717, 1.165) is 0 Å². The van der Waals surface area contributed by atoms with Gasteiger partial charge in [-0.05, 0) is 25.7 Å². The third kappa shape index (κ3) is 4.73. The smallest absolute Gasteiger partial charge is 0.0347 e. The van der Waals surface area contributed by atoms with Crippen LogP contribution < -0.4 is 0 Å². The van der Waals surface area contributed by atoms with E-state index in [4.69, 9.17) is 0 Å². The van der Waals surface area contributed by atoms with Crippen molar-refractivity contribution in [1.82, 2.24) is 0 Å². The molecule has 0 saturated carbocycles. The van der Waals surface area contributed by atoms with E-state index in [0.29, 0.717) is 0 Å². The lowest BCUT2D eigenvalue weighted by atomic mass is 10.1. The zero-order valence-corrected chi connectivity index (χ0v) is 7.45. The maximum Gasteiger partial charge on any atom is -0.0347 e. The molecule has 1 rings (SSSR count). The molecule has 0 spiro atoms. The Bertz CT molecular complexity index is 180. The molecule has 0 amide bonds. The Kier molecular flexibility index (Phi) is 5.02. The summed E-state index contributed by atoms with van der Waals surface area (Å²) in [4.78, 5) is 0. The average Bonchev–Trinajstić information content (AvgIpc) is 2.05. The summed E-state index contributed by atoms with van der Waals surface area (Å²) >= 11 is 0. The summed E-state index contributed by atoms with van der Waals surface area (Å²) < 4.78 is 0. The fraction of sp³-hybridized carbons (Fsp3) is 0.333. The van der Waals surface area contributed by atoms with E-state index in [1.54, 1.807) is 0 Å². The van der Waals surface area contributed by atoms with Gasteiger partial charge < -0.3 is 0 Å². The maximum absolute atomic E-state index is 2.23. The Morgan fingerprint density at radius 3 is 1.42 bits per heavy atom. The highest BCUT2D eigenvalue weighted by Gasteiger charge is 1.82. The van der Waals surface area contributed by atoms with E-state index < -0.39 is 0 Å². The summed E-state index contributed by atoms with van der Waals surface area (Å²) in [6, 6.07) is 0. The third-order valence-corrected chi connectivity index (χ3v) is 1.82. The fourth-order valence-corrected chi connectivity index (χ4v) is 1.13. The van der Waals surface area contributed by atoms with Gasteiger partial charge in [0.25, 0.3) is 0 Å². The van der Waals surface area contributed by atoms with Gasteiger partial charge in [-0.1, -0.05) is 48.6 Å². The van der Waals surface area contributed by atoms with E-state index in [-0.39, 0.29) is 0 Å². The van der Waals surface area contributed by atoms with Crippen LogP contribution in [0.2, 0.25) is 0 Å². The molecular weight excluding hydrogens is 144 g/mol. The number of rotatable bonds is 0. The molecular formula is C12H16. The van der Waals surface area contributed by atoms with Gasteiger partial charge in [0, 0.05) is 0 Å². The van der Waals surface area contributed by atoms with Crippen LogP contribution in [-0.2, 0) is 0 Å². The van der Waals surface area contributed by atoms with E-state index in [9.17, 15) is 0 Å². The molecule has 64 valence electrons. The molecule has 0 aromatic heterocycles. The predicted molar refractivity (Wildman–Crippen MR) is 55.0 cm³/mol. The summed E-state index contributed by atoms with van der Waals surface area (Å²) in [5, 5.41) is 0. The highest BCUT2D eigenvalue weighted by atomic mass is 13.9.